The summed E-state index contributed by atoms with van der Waals surface area (Å²) < 4.78 is 43.8. The zero-order valence-corrected chi connectivity index (χ0v) is 20.0. The Labute approximate surface area is 200 Å². The highest BCUT2D eigenvalue weighted by molar-refractivity contribution is 7.99. The van der Waals surface area contributed by atoms with Crippen LogP contribution in [-0.2, 0) is 22.3 Å². The van der Waals surface area contributed by atoms with E-state index in [2.05, 4.69) is 15.1 Å². The number of aromatic hydroxyl groups is 1. The Morgan fingerprint density at radius 1 is 1.35 bits per heavy atom. The van der Waals surface area contributed by atoms with Crippen molar-refractivity contribution >= 4 is 17.7 Å². The molecular formula is C23H29F3N4O3S. The Hall–Kier alpha value is -2.37. The Kier molecular flexibility index (Phi) is 8.78. The summed E-state index contributed by atoms with van der Waals surface area (Å²) in [7, 11) is 0. The summed E-state index contributed by atoms with van der Waals surface area (Å²) in [4.78, 5) is 13.9. The molecule has 11 heteroatoms. The van der Waals surface area contributed by atoms with Crippen LogP contribution in [0.5, 0.6) is 5.75 Å². The molecule has 1 fully saturated rings. The highest BCUT2D eigenvalue weighted by atomic mass is 32.2. The van der Waals surface area contributed by atoms with Gasteiger partial charge in [-0.2, -0.15) is 13.2 Å². The number of hydrogen-bond donors (Lipinski definition) is 2. The third kappa shape index (κ3) is 6.39. The Morgan fingerprint density at radius 2 is 2.12 bits per heavy atom. The topological polar surface area (TPSA) is 102 Å². The molecule has 1 aliphatic heterocycles. The number of hydrogen-bond acceptors (Lipinski definition) is 8. The monoisotopic (exact) mass is 498 g/mol. The number of benzene rings is 1. The lowest BCUT2D eigenvalue weighted by Gasteiger charge is -2.32. The summed E-state index contributed by atoms with van der Waals surface area (Å²) in [5.41, 5.74) is 6.96. The normalized spacial score (nSPS) is 17.1. The van der Waals surface area contributed by atoms with E-state index in [0.29, 0.717) is 41.9 Å². The first-order valence-electron chi connectivity index (χ1n) is 11.2. The van der Waals surface area contributed by atoms with E-state index in [4.69, 9.17) is 10.5 Å². The fourth-order valence-electron chi connectivity index (χ4n) is 3.99. The number of carbonyl (C=O) groups is 1. The first-order valence-corrected chi connectivity index (χ1v) is 12.0. The van der Waals surface area contributed by atoms with Gasteiger partial charge in [-0.1, -0.05) is 11.8 Å². The molecule has 0 spiro atoms. The molecule has 1 aromatic carbocycles. The van der Waals surface area contributed by atoms with E-state index < -0.39 is 17.5 Å². The third-order valence-electron chi connectivity index (χ3n) is 5.77. The standard InChI is InChI=1S/C23H29F3N4O3S/c1-3-33-20(32)8-10-30-9-4-5-16(13-30)34-22-18(12-27)14(2)21(28-29-22)17-7-6-15(11-19(17)31)23(24,25)26/h6-7,11,16,31H,3-5,8-10,12-13,27H2,1-2H3/t16-/m1/s1. The summed E-state index contributed by atoms with van der Waals surface area (Å²) in [6.07, 6.45) is -2.23. The van der Waals surface area contributed by atoms with Crippen molar-refractivity contribution in [3.8, 4) is 17.0 Å². The first-order chi connectivity index (χ1) is 16.1. The fourth-order valence-corrected chi connectivity index (χ4v) is 5.34. The van der Waals surface area contributed by atoms with E-state index in [9.17, 15) is 23.1 Å². The summed E-state index contributed by atoms with van der Waals surface area (Å²) in [6, 6.07) is 2.80. The number of nitrogens with zero attached hydrogens (tertiary/aromatic N) is 3. The molecule has 1 atom stereocenters. The maximum Gasteiger partial charge on any atom is 0.416 e. The van der Waals surface area contributed by atoms with Crippen LogP contribution >= 0.6 is 11.8 Å². The van der Waals surface area contributed by atoms with Crippen molar-refractivity contribution in [2.45, 2.75) is 56.1 Å². The number of phenols is 1. The van der Waals surface area contributed by atoms with Gasteiger partial charge in [0.2, 0.25) is 0 Å². The second-order valence-corrected chi connectivity index (χ2v) is 9.42. The van der Waals surface area contributed by atoms with Crippen LogP contribution in [0.2, 0.25) is 0 Å². The molecule has 7 nitrogen and oxygen atoms in total. The molecule has 2 heterocycles. The van der Waals surface area contributed by atoms with Crippen LogP contribution in [0.25, 0.3) is 11.3 Å². The van der Waals surface area contributed by atoms with Gasteiger partial charge in [-0.25, -0.2) is 0 Å². The summed E-state index contributed by atoms with van der Waals surface area (Å²) >= 11 is 1.57. The minimum atomic E-state index is -4.55. The number of alkyl halides is 3. The van der Waals surface area contributed by atoms with Gasteiger partial charge in [-0.15, -0.1) is 10.2 Å². The van der Waals surface area contributed by atoms with Crippen LogP contribution in [0.15, 0.2) is 23.2 Å². The number of piperidine rings is 1. The molecule has 0 bridgehead atoms. The number of thioether (sulfide) groups is 1. The maximum absolute atomic E-state index is 12.9. The summed E-state index contributed by atoms with van der Waals surface area (Å²) in [5.74, 6) is -0.716. The predicted octanol–water partition coefficient (Wildman–Crippen LogP) is 4.14. The van der Waals surface area contributed by atoms with Gasteiger partial charge in [0.25, 0.3) is 0 Å². The SMILES string of the molecule is CCOC(=O)CCN1CCC[C@@H](Sc2nnc(-c3ccc(C(F)(F)F)cc3O)c(C)c2CN)C1. The van der Waals surface area contributed by atoms with Crippen molar-refractivity contribution in [3.63, 3.8) is 0 Å². The molecule has 0 radical (unpaired) electrons. The maximum atomic E-state index is 12.9. The third-order valence-corrected chi connectivity index (χ3v) is 7.04. The quantitative estimate of drug-likeness (QED) is 0.524. The number of phenolic OH excluding ortho intramolecular Hbond substituents is 1. The lowest BCUT2D eigenvalue weighted by atomic mass is 10.0. The molecule has 1 aromatic heterocycles. The number of ether oxygens (including phenoxy) is 1. The number of nitrogens with two attached hydrogens (primary N) is 1. The number of likely N-dealkylation sites (tertiary alicyclic amines) is 1. The zero-order valence-electron chi connectivity index (χ0n) is 19.2. The average Bonchev–Trinajstić information content (AvgIpc) is 2.78. The molecule has 3 N–H and O–H groups in total. The van der Waals surface area contributed by atoms with Crippen molar-refractivity contribution in [2.75, 3.05) is 26.2 Å². The van der Waals surface area contributed by atoms with E-state index in [1.165, 1.54) is 6.07 Å². The largest absolute Gasteiger partial charge is 0.507 e. The smallest absolute Gasteiger partial charge is 0.416 e. The summed E-state index contributed by atoms with van der Waals surface area (Å²) in [6.45, 7) is 6.45. The number of halogens is 3. The lowest BCUT2D eigenvalue weighted by Crippen LogP contribution is -2.38. The number of aromatic nitrogens is 2. The number of rotatable bonds is 8. The molecule has 2 aromatic rings. The molecule has 0 unspecified atom stereocenters. The van der Waals surface area contributed by atoms with Crippen LogP contribution in [-0.4, -0.2) is 57.7 Å². The molecule has 186 valence electrons. The van der Waals surface area contributed by atoms with E-state index in [1.807, 2.05) is 0 Å². The first kappa shape index (κ1) is 26.2. The molecule has 1 aliphatic rings. The van der Waals surface area contributed by atoms with Crippen LogP contribution in [0.1, 0.15) is 42.9 Å². The number of carbonyl (C=O) groups excluding carboxylic acids is 1. The van der Waals surface area contributed by atoms with Gasteiger partial charge in [-0.05, 0) is 57.0 Å². The van der Waals surface area contributed by atoms with Crippen molar-refractivity contribution in [3.05, 3.63) is 34.9 Å². The van der Waals surface area contributed by atoms with E-state index in [-0.39, 0.29) is 23.3 Å². The van der Waals surface area contributed by atoms with Gasteiger partial charge in [0.1, 0.15) is 10.8 Å². The predicted molar refractivity (Wildman–Crippen MR) is 123 cm³/mol. The van der Waals surface area contributed by atoms with Gasteiger partial charge in [-0.3, -0.25) is 4.79 Å². The average molecular weight is 499 g/mol. The number of esters is 1. The molecule has 0 aliphatic carbocycles. The van der Waals surface area contributed by atoms with Gasteiger partial charge >= 0.3 is 12.1 Å². The van der Waals surface area contributed by atoms with Crippen molar-refractivity contribution in [1.82, 2.24) is 15.1 Å². The Morgan fingerprint density at radius 3 is 2.76 bits per heavy atom. The van der Waals surface area contributed by atoms with Gasteiger partial charge < -0.3 is 20.5 Å². The van der Waals surface area contributed by atoms with Crippen LogP contribution in [0.4, 0.5) is 13.2 Å². The van der Waals surface area contributed by atoms with Gasteiger partial charge in [0.15, 0.2) is 0 Å². The Balaban J connectivity index is 1.76. The molecule has 0 amide bonds. The minimum absolute atomic E-state index is 0.173. The molecule has 0 saturated carbocycles. The second-order valence-electron chi connectivity index (χ2n) is 8.13. The van der Waals surface area contributed by atoms with E-state index in [1.54, 1.807) is 25.6 Å². The molecule has 3 rings (SSSR count). The van der Waals surface area contributed by atoms with Crippen LogP contribution in [0.3, 0.4) is 0 Å². The fraction of sp³-hybridized carbons (Fsp3) is 0.522. The van der Waals surface area contributed by atoms with Crippen molar-refractivity contribution in [1.29, 1.82) is 0 Å². The van der Waals surface area contributed by atoms with Gasteiger partial charge in [0.05, 0.1) is 24.3 Å². The van der Waals surface area contributed by atoms with E-state index in [0.717, 1.165) is 37.6 Å². The summed E-state index contributed by atoms with van der Waals surface area (Å²) in [5, 5.41) is 19.7. The van der Waals surface area contributed by atoms with Crippen molar-refractivity contribution < 1.29 is 27.8 Å². The highest BCUT2D eigenvalue weighted by Gasteiger charge is 2.31. The van der Waals surface area contributed by atoms with Crippen LogP contribution in [0, 0.1) is 6.92 Å². The van der Waals surface area contributed by atoms with Gasteiger partial charge in [0, 0.05) is 36.0 Å². The highest BCUT2D eigenvalue weighted by Crippen LogP contribution is 2.39. The minimum Gasteiger partial charge on any atom is -0.507 e. The molecule has 34 heavy (non-hydrogen) atoms. The van der Waals surface area contributed by atoms with Crippen molar-refractivity contribution in [2.24, 2.45) is 5.73 Å². The van der Waals surface area contributed by atoms with E-state index >= 15 is 0 Å². The molecule has 1 saturated heterocycles. The molecular weight excluding hydrogens is 469 g/mol. The lowest BCUT2D eigenvalue weighted by molar-refractivity contribution is -0.143. The second kappa shape index (κ2) is 11.4. The zero-order chi connectivity index (χ0) is 24.9. The van der Waals surface area contributed by atoms with Crippen LogP contribution < -0.4 is 5.73 Å². The Bertz CT molecular complexity index is 1020.